The average molecular weight is 268 g/mol. The highest BCUT2D eigenvalue weighted by molar-refractivity contribution is 5.82. The van der Waals surface area contributed by atoms with Crippen LogP contribution in [0.4, 0.5) is 0 Å². The van der Waals surface area contributed by atoms with Crippen LogP contribution in [-0.4, -0.2) is 60.0 Å². The molecule has 2 saturated heterocycles. The van der Waals surface area contributed by atoms with E-state index in [0.29, 0.717) is 25.9 Å². The number of carboxylic acid groups (broad SMARTS) is 1. The molecule has 2 atom stereocenters. The molecule has 5 nitrogen and oxygen atoms in total. The van der Waals surface area contributed by atoms with Crippen LogP contribution in [0.15, 0.2) is 0 Å². The van der Waals surface area contributed by atoms with E-state index < -0.39 is 11.4 Å². The molecular formula is C14H24N2O3. The van der Waals surface area contributed by atoms with E-state index in [0.717, 1.165) is 25.9 Å². The zero-order chi connectivity index (χ0) is 14.0. The second kappa shape index (κ2) is 5.49. The summed E-state index contributed by atoms with van der Waals surface area (Å²) in [5.41, 5.74) is -0.699. The molecular weight excluding hydrogens is 244 g/mol. The van der Waals surface area contributed by atoms with Crippen molar-refractivity contribution < 1.29 is 14.7 Å². The summed E-state index contributed by atoms with van der Waals surface area (Å²) in [6, 6.07) is 0. The highest BCUT2D eigenvalue weighted by Crippen LogP contribution is 2.36. The van der Waals surface area contributed by atoms with Gasteiger partial charge in [-0.05, 0) is 32.9 Å². The third-order valence-electron chi connectivity index (χ3n) is 4.59. The molecule has 5 heteroatoms. The number of aliphatic carboxylic acids is 1. The maximum Gasteiger partial charge on any atom is 0.311 e. The number of hydrogen-bond donors (Lipinski definition) is 1. The van der Waals surface area contributed by atoms with Crippen LogP contribution in [0.1, 0.15) is 32.6 Å². The fourth-order valence-corrected chi connectivity index (χ4v) is 3.42. The summed E-state index contributed by atoms with van der Waals surface area (Å²) < 4.78 is 0. The molecule has 2 unspecified atom stereocenters. The summed E-state index contributed by atoms with van der Waals surface area (Å²) in [5.74, 6) is -0.520. The minimum Gasteiger partial charge on any atom is -0.481 e. The summed E-state index contributed by atoms with van der Waals surface area (Å²) in [5, 5.41) is 9.46. The van der Waals surface area contributed by atoms with Crippen molar-refractivity contribution >= 4 is 11.9 Å². The number of carbonyl (C=O) groups is 2. The predicted octanol–water partition coefficient (Wildman–Crippen LogP) is 1.04. The van der Waals surface area contributed by atoms with Crippen molar-refractivity contribution in [3.05, 3.63) is 0 Å². The fraction of sp³-hybridized carbons (Fsp3) is 0.857. The van der Waals surface area contributed by atoms with E-state index in [1.807, 2.05) is 14.0 Å². The lowest BCUT2D eigenvalue weighted by molar-refractivity contribution is -0.149. The lowest BCUT2D eigenvalue weighted by Crippen LogP contribution is -2.39. The second-order valence-electron chi connectivity index (χ2n) is 6.09. The molecule has 1 amide bonds. The molecule has 0 spiro atoms. The van der Waals surface area contributed by atoms with Crippen LogP contribution < -0.4 is 0 Å². The Hall–Kier alpha value is -1.10. The van der Waals surface area contributed by atoms with E-state index in [2.05, 4.69) is 4.90 Å². The van der Waals surface area contributed by atoms with Crippen LogP contribution in [0.5, 0.6) is 0 Å². The monoisotopic (exact) mass is 268 g/mol. The molecule has 0 aliphatic carbocycles. The maximum absolute atomic E-state index is 12.4. The summed E-state index contributed by atoms with van der Waals surface area (Å²) in [6.07, 6.45) is 3.02. The van der Waals surface area contributed by atoms with Gasteiger partial charge in [-0.3, -0.25) is 9.59 Å². The number of amides is 1. The van der Waals surface area contributed by atoms with Gasteiger partial charge in [0.25, 0.3) is 0 Å². The first-order valence-electron chi connectivity index (χ1n) is 7.19. The lowest BCUT2D eigenvalue weighted by atomic mass is 9.83. The Bertz CT molecular complexity index is 372. The Kier molecular flexibility index (Phi) is 4.13. The Labute approximate surface area is 114 Å². The quantitative estimate of drug-likeness (QED) is 0.827. The zero-order valence-corrected chi connectivity index (χ0v) is 11.9. The van der Waals surface area contributed by atoms with Gasteiger partial charge in [0.05, 0.1) is 11.3 Å². The minimum absolute atomic E-state index is 0.0659. The van der Waals surface area contributed by atoms with Crippen LogP contribution in [0.3, 0.4) is 0 Å². The van der Waals surface area contributed by atoms with Crippen molar-refractivity contribution in [1.82, 2.24) is 9.80 Å². The largest absolute Gasteiger partial charge is 0.481 e. The number of rotatable bonds is 4. The minimum atomic E-state index is -0.742. The summed E-state index contributed by atoms with van der Waals surface area (Å²) in [4.78, 5) is 27.9. The van der Waals surface area contributed by atoms with Crippen LogP contribution in [0, 0.1) is 11.3 Å². The first-order chi connectivity index (χ1) is 8.98. The van der Waals surface area contributed by atoms with Gasteiger partial charge in [-0.25, -0.2) is 0 Å². The summed E-state index contributed by atoms with van der Waals surface area (Å²) in [6.45, 7) is 4.77. The van der Waals surface area contributed by atoms with Gasteiger partial charge >= 0.3 is 5.97 Å². The molecule has 108 valence electrons. The Balaban J connectivity index is 2.00. The van der Waals surface area contributed by atoms with Gasteiger partial charge in [0.15, 0.2) is 0 Å². The third-order valence-corrected chi connectivity index (χ3v) is 4.59. The Morgan fingerprint density at radius 2 is 2.11 bits per heavy atom. The van der Waals surface area contributed by atoms with Gasteiger partial charge < -0.3 is 14.9 Å². The van der Waals surface area contributed by atoms with Crippen molar-refractivity contribution in [1.29, 1.82) is 0 Å². The molecule has 1 N–H and O–H groups in total. The molecule has 2 rings (SSSR count). The fourth-order valence-electron chi connectivity index (χ4n) is 3.42. The number of carboxylic acids is 1. The molecule has 2 aliphatic heterocycles. The SMILES string of the molecule is CCCC1(C(=O)O)CCN(C(=O)C2CCN(C)C2)C1. The Morgan fingerprint density at radius 1 is 1.37 bits per heavy atom. The molecule has 2 fully saturated rings. The lowest BCUT2D eigenvalue weighted by Gasteiger charge is -2.25. The van der Waals surface area contributed by atoms with Crippen molar-refractivity contribution in [2.45, 2.75) is 32.6 Å². The van der Waals surface area contributed by atoms with Crippen LogP contribution in [0.2, 0.25) is 0 Å². The van der Waals surface area contributed by atoms with Crippen LogP contribution in [0.25, 0.3) is 0 Å². The van der Waals surface area contributed by atoms with Gasteiger partial charge in [0.1, 0.15) is 0 Å². The molecule has 19 heavy (non-hydrogen) atoms. The van der Waals surface area contributed by atoms with Crippen LogP contribution in [-0.2, 0) is 9.59 Å². The predicted molar refractivity (Wildman–Crippen MR) is 71.8 cm³/mol. The molecule has 0 radical (unpaired) electrons. The molecule has 0 aromatic rings. The maximum atomic E-state index is 12.4. The zero-order valence-electron chi connectivity index (χ0n) is 11.9. The number of nitrogens with zero attached hydrogens (tertiary/aromatic N) is 2. The first-order valence-corrected chi connectivity index (χ1v) is 7.19. The number of carbonyl (C=O) groups excluding carboxylic acids is 1. The van der Waals surface area contributed by atoms with Gasteiger partial charge in [0, 0.05) is 19.6 Å². The first kappa shape index (κ1) is 14.3. The summed E-state index contributed by atoms with van der Waals surface area (Å²) in [7, 11) is 2.02. The molecule has 0 bridgehead atoms. The molecule has 0 aromatic heterocycles. The van der Waals surface area contributed by atoms with E-state index in [1.165, 1.54) is 0 Å². The van der Waals surface area contributed by atoms with E-state index in [9.17, 15) is 14.7 Å². The number of likely N-dealkylation sites (tertiary alicyclic amines) is 2. The summed E-state index contributed by atoms with van der Waals surface area (Å²) >= 11 is 0. The second-order valence-corrected chi connectivity index (χ2v) is 6.09. The topological polar surface area (TPSA) is 60.9 Å². The van der Waals surface area contributed by atoms with Gasteiger partial charge in [-0.15, -0.1) is 0 Å². The van der Waals surface area contributed by atoms with Crippen LogP contribution >= 0.6 is 0 Å². The molecule has 0 saturated carbocycles. The Morgan fingerprint density at radius 3 is 2.63 bits per heavy atom. The third kappa shape index (κ3) is 2.76. The van der Waals surface area contributed by atoms with Crippen molar-refractivity contribution in [2.24, 2.45) is 11.3 Å². The standard InChI is InChI=1S/C14H24N2O3/c1-3-5-14(13(18)19)6-8-16(10-14)12(17)11-4-7-15(2)9-11/h11H,3-10H2,1-2H3,(H,18,19). The molecule has 2 heterocycles. The normalized spacial score (nSPS) is 31.9. The van der Waals surface area contributed by atoms with Crippen molar-refractivity contribution in [3.8, 4) is 0 Å². The van der Waals surface area contributed by atoms with Crippen molar-refractivity contribution in [3.63, 3.8) is 0 Å². The molecule has 2 aliphatic rings. The van der Waals surface area contributed by atoms with E-state index in [4.69, 9.17) is 0 Å². The van der Waals surface area contributed by atoms with E-state index in [1.54, 1.807) is 4.90 Å². The average Bonchev–Trinajstić information content (AvgIpc) is 2.96. The highest BCUT2D eigenvalue weighted by atomic mass is 16.4. The smallest absolute Gasteiger partial charge is 0.311 e. The number of hydrogen-bond acceptors (Lipinski definition) is 3. The molecule has 0 aromatic carbocycles. The van der Waals surface area contributed by atoms with Gasteiger partial charge in [-0.2, -0.15) is 0 Å². The van der Waals surface area contributed by atoms with Crippen molar-refractivity contribution in [2.75, 3.05) is 33.2 Å². The van der Waals surface area contributed by atoms with Gasteiger partial charge in [0.2, 0.25) is 5.91 Å². The highest BCUT2D eigenvalue weighted by Gasteiger charge is 2.46. The van der Waals surface area contributed by atoms with Gasteiger partial charge in [-0.1, -0.05) is 13.3 Å². The van der Waals surface area contributed by atoms with E-state index in [-0.39, 0.29) is 11.8 Å². The van der Waals surface area contributed by atoms with E-state index >= 15 is 0 Å².